The lowest BCUT2D eigenvalue weighted by Gasteiger charge is -2.16. The van der Waals surface area contributed by atoms with Crippen molar-refractivity contribution in [1.29, 1.82) is 0 Å². The van der Waals surface area contributed by atoms with Crippen LogP contribution in [-0.4, -0.2) is 21.1 Å². The second-order valence-electron chi connectivity index (χ2n) is 3.18. The van der Waals surface area contributed by atoms with E-state index in [0.717, 1.165) is 12.3 Å². The van der Waals surface area contributed by atoms with Gasteiger partial charge in [0, 0.05) is 6.20 Å². The van der Waals surface area contributed by atoms with Gasteiger partial charge in [-0.1, -0.05) is 11.6 Å². The SMILES string of the molecule is FC(F)(F)C(F)(F)c1nc2ncc(Cl)cc2[nH]1. The van der Waals surface area contributed by atoms with Crippen LogP contribution in [-0.2, 0) is 5.92 Å². The minimum Gasteiger partial charge on any atom is -0.335 e. The van der Waals surface area contributed by atoms with Crippen LogP contribution in [0.25, 0.3) is 11.2 Å². The molecule has 92 valence electrons. The summed E-state index contributed by atoms with van der Waals surface area (Å²) in [5.41, 5.74) is -0.343. The standard InChI is InChI=1S/C8H3ClF5N3/c9-3-1-4-5(15-2-3)17-6(16-4)7(10,11)8(12,13)14/h1-2H,(H,15,16,17). The summed E-state index contributed by atoms with van der Waals surface area (Å²) in [6, 6.07) is 1.16. The fraction of sp³-hybridized carbons (Fsp3) is 0.250. The zero-order valence-electron chi connectivity index (χ0n) is 7.82. The number of hydrogen-bond acceptors (Lipinski definition) is 2. The van der Waals surface area contributed by atoms with Crippen molar-refractivity contribution in [1.82, 2.24) is 15.0 Å². The molecular formula is C8H3ClF5N3. The van der Waals surface area contributed by atoms with E-state index in [-0.39, 0.29) is 16.2 Å². The highest BCUT2D eigenvalue weighted by atomic mass is 35.5. The van der Waals surface area contributed by atoms with Gasteiger partial charge in [-0.25, -0.2) is 9.97 Å². The molecule has 0 atom stereocenters. The average Bonchev–Trinajstić information content (AvgIpc) is 2.58. The van der Waals surface area contributed by atoms with Gasteiger partial charge in [0.15, 0.2) is 11.5 Å². The lowest BCUT2D eigenvalue weighted by molar-refractivity contribution is -0.292. The molecule has 0 amide bonds. The molecule has 0 saturated carbocycles. The van der Waals surface area contributed by atoms with Crippen LogP contribution < -0.4 is 0 Å². The van der Waals surface area contributed by atoms with Crippen molar-refractivity contribution >= 4 is 22.8 Å². The van der Waals surface area contributed by atoms with E-state index in [1.54, 1.807) is 0 Å². The van der Waals surface area contributed by atoms with Crippen LogP contribution >= 0.6 is 11.6 Å². The number of nitrogens with one attached hydrogen (secondary N) is 1. The highest BCUT2D eigenvalue weighted by Gasteiger charge is 2.61. The van der Waals surface area contributed by atoms with Gasteiger partial charge in [0.05, 0.1) is 10.5 Å². The van der Waals surface area contributed by atoms with Crippen molar-refractivity contribution in [2.45, 2.75) is 12.1 Å². The number of aromatic nitrogens is 3. The number of pyridine rings is 1. The van der Waals surface area contributed by atoms with E-state index in [0.29, 0.717) is 0 Å². The molecule has 0 aliphatic heterocycles. The number of alkyl halides is 5. The predicted octanol–water partition coefficient (Wildman–Crippen LogP) is 3.27. The number of halogens is 6. The molecule has 2 heterocycles. The highest BCUT2D eigenvalue weighted by molar-refractivity contribution is 6.30. The topological polar surface area (TPSA) is 41.6 Å². The summed E-state index contributed by atoms with van der Waals surface area (Å²) in [6.07, 6.45) is -4.62. The first-order chi connectivity index (χ1) is 7.72. The van der Waals surface area contributed by atoms with Gasteiger partial charge in [0.2, 0.25) is 0 Å². The van der Waals surface area contributed by atoms with Crippen LogP contribution in [0.5, 0.6) is 0 Å². The molecule has 0 aliphatic carbocycles. The molecule has 0 fully saturated rings. The molecule has 0 unspecified atom stereocenters. The molecule has 0 saturated heterocycles. The molecule has 0 aliphatic rings. The second-order valence-corrected chi connectivity index (χ2v) is 3.62. The molecule has 0 bridgehead atoms. The smallest absolute Gasteiger partial charge is 0.335 e. The first-order valence-corrected chi connectivity index (χ1v) is 4.56. The summed E-state index contributed by atoms with van der Waals surface area (Å²) in [4.78, 5) is 8.47. The molecule has 9 heteroatoms. The Bertz CT molecular complexity index is 562. The van der Waals surface area contributed by atoms with E-state index in [4.69, 9.17) is 11.6 Å². The number of imidazole rings is 1. The summed E-state index contributed by atoms with van der Waals surface area (Å²) in [6.45, 7) is 0. The Morgan fingerprint density at radius 3 is 2.41 bits per heavy atom. The van der Waals surface area contributed by atoms with Crippen LogP contribution in [0.1, 0.15) is 5.82 Å². The number of hydrogen-bond donors (Lipinski definition) is 1. The fourth-order valence-electron chi connectivity index (χ4n) is 1.16. The summed E-state index contributed by atoms with van der Waals surface area (Å²) in [5.74, 6) is -6.56. The summed E-state index contributed by atoms with van der Waals surface area (Å²) < 4.78 is 62.1. The molecule has 1 N–H and O–H groups in total. The summed E-state index contributed by atoms with van der Waals surface area (Å²) in [5, 5.41) is 0.100. The van der Waals surface area contributed by atoms with E-state index in [1.165, 1.54) is 0 Å². The Morgan fingerprint density at radius 2 is 1.82 bits per heavy atom. The van der Waals surface area contributed by atoms with Crippen LogP contribution in [0.15, 0.2) is 12.3 Å². The second kappa shape index (κ2) is 3.52. The Hall–Kier alpha value is -1.44. The maximum absolute atomic E-state index is 12.9. The lowest BCUT2D eigenvalue weighted by atomic mass is 10.3. The van der Waals surface area contributed by atoms with Crippen molar-refractivity contribution in [3.05, 3.63) is 23.1 Å². The third-order valence-electron chi connectivity index (χ3n) is 1.96. The number of fused-ring (bicyclic) bond motifs is 1. The van der Waals surface area contributed by atoms with Crippen molar-refractivity contribution in [3.8, 4) is 0 Å². The van der Waals surface area contributed by atoms with Gasteiger partial charge in [-0.05, 0) is 6.07 Å². The van der Waals surface area contributed by atoms with Gasteiger partial charge in [0.25, 0.3) is 0 Å². The van der Waals surface area contributed by atoms with Crippen LogP contribution in [0.4, 0.5) is 22.0 Å². The van der Waals surface area contributed by atoms with Gasteiger partial charge < -0.3 is 4.98 Å². The van der Waals surface area contributed by atoms with E-state index < -0.39 is 17.9 Å². The maximum atomic E-state index is 12.9. The van der Waals surface area contributed by atoms with Gasteiger partial charge >= 0.3 is 12.1 Å². The average molecular weight is 272 g/mol. The Balaban J connectivity index is 2.57. The summed E-state index contributed by atoms with van der Waals surface area (Å²) >= 11 is 5.51. The quantitative estimate of drug-likeness (QED) is 0.809. The molecule has 0 spiro atoms. The fourth-order valence-corrected chi connectivity index (χ4v) is 1.32. The highest BCUT2D eigenvalue weighted by Crippen LogP contribution is 2.42. The predicted molar refractivity (Wildman–Crippen MR) is 48.8 cm³/mol. The van der Waals surface area contributed by atoms with Crippen molar-refractivity contribution in [3.63, 3.8) is 0 Å². The van der Waals surface area contributed by atoms with E-state index in [2.05, 4.69) is 9.97 Å². The molecule has 17 heavy (non-hydrogen) atoms. The van der Waals surface area contributed by atoms with Gasteiger partial charge in [-0.3, -0.25) is 0 Å². The van der Waals surface area contributed by atoms with Gasteiger partial charge in [-0.15, -0.1) is 0 Å². The summed E-state index contributed by atoms with van der Waals surface area (Å²) in [7, 11) is 0. The molecule has 2 aromatic rings. The van der Waals surface area contributed by atoms with Gasteiger partial charge in [-0.2, -0.15) is 22.0 Å². The molecule has 2 rings (SSSR count). The normalized spacial score (nSPS) is 13.3. The number of aromatic amines is 1. The first-order valence-electron chi connectivity index (χ1n) is 4.18. The van der Waals surface area contributed by atoms with Crippen molar-refractivity contribution in [2.24, 2.45) is 0 Å². The first kappa shape index (κ1) is 12.0. The minimum atomic E-state index is -5.72. The number of rotatable bonds is 1. The number of H-pyrrole nitrogens is 1. The molecular weight excluding hydrogens is 269 g/mol. The molecule has 0 radical (unpaired) electrons. The Morgan fingerprint density at radius 1 is 1.18 bits per heavy atom. The van der Waals surface area contributed by atoms with Crippen LogP contribution in [0.2, 0.25) is 5.02 Å². The minimum absolute atomic E-state index is 0.0866. The third kappa shape index (κ3) is 1.92. The van der Waals surface area contributed by atoms with Crippen LogP contribution in [0, 0.1) is 0 Å². The molecule has 3 nitrogen and oxygen atoms in total. The van der Waals surface area contributed by atoms with Crippen molar-refractivity contribution < 1.29 is 22.0 Å². The number of nitrogens with zero attached hydrogens (tertiary/aromatic N) is 2. The van der Waals surface area contributed by atoms with E-state index in [9.17, 15) is 22.0 Å². The third-order valence-corrected chi connectivity index (χ3v) is 2.16. The monoisotopic (exact) mass is 271 g/mol. The van der Waals surface area contributed by atoms with E-state index in [1.807, 2.05) is 4.98 Å². The Labute approximate surface area is 95.6 Å². The zero-order valence-corrected chi connectivity index (χ0v) is 8.57. The molecule has 2 aromatic heterocycles. The van der Waals surface area contributed by atoms with Crippen LogP contribution in [0.3, 0.4) is 0 Å². The Kier molecular flexibility index (Phi) is 2.49. The lowest BCUT2D eigenvalue weighted by Crippen LogP contribution is -2.34. The molecule has 0 aromatic carbocycles. The van der Waals surface area contributed by atoms with Crippen molar-refractivity contribution in [2.75, 3.05) is 0 Å². The zero-order chi connectivity index (χ0) is 12.8. The van der Waals surface area contributed by atoms with Gasteiger partial charge in [0.1, 0.15) is 0 Å². The maximum Gasteiger partial charge on any atom is 0.461 e. The van der Waals surface area contributed by atoms with E-state index >= 15 is 0 Å². The largest absolute Gasteiger partial charge is 0.461 e.